The minimum absolute atomic E-state index is 0.0986. The molecule has 21 heavy (non-hydrogen) atoms. The Bertz CT molecular complexity index is 833. The highest BCUT2D eigenvalue weighted by Crippen LogP contribution is 2.32. The first-order valence-electron chi connectivity index (χ1n) is 5.93. The number of aromatic hydroxyl groups is 1. The Morgan fingerprint density at radius 1 is 1.24 bits per heavy atom. The summed E-state index contributed by atoms with van der Waals surface area (Å²) in [7, 11) is 0. The van der Waals surface area contributed by atoms with Gasteiger partial charge in [0.1, 0.15) is 10.6 Å². The molecule has 0 bridgehead atoms. The van der Waals surface area contributed by atoms with Gasteiger partial charge < -0.3 is 5.11 Å². The summed E-state index contributed by atoms with van der Waals surface area (Å²) in [6.45, 7) is 0. The van der Waals surface area contributed by atoms with E-state index in [0.717, 1.165) is 4.70 Å². The fourth-order valence-corrected chi connectivity index (χ4v) is 2.96. The topological polar surface area (TPSA) is 63.1 Å². The van der Waals surface area contributed by atoms with Gasteiger partial charge in [0.05, 0.1) is 21.5 Å². The third-order valence-corrected chi connectivity index (χ3v) is 4.13. The van der Waals surface area contributed by atoms with Crippen LogP contribution in [0.4, 0.5) is 0 Å². The standard InChI is InChI=1S/C14H8Cl2N2O2S/c15-13(16)11-8(5-10-14(18-11)17-6-21-10)12(20)7-3-1-2-4-9(7)19/h1-6,13,19H. The lowest BCUT2D eigenvalue weighted by molar-refractivity contribution is 0.103. The molecular weight excluding hydrogens is 331 g/mol. The van der Waals surface area contributed by atoms with Gasteiger partial charge in [-0.2, -0.15) is 0 Å². The van der Waals surface area contributed by atoms with Crippen molar-refractivity contribution >= 4 is 50.7 Å². The van der Waals surface area contributed by atoms with Crippen LogP contribution in [0.1, 0.15) is 26.5 Å². The van der Waals surface area contributed by atoms with Crippen molar-refractivity contribution in [1.82, 2.24) is 9.97 Å². The summed E-state index contributed by atoms with van der Waals surface area (Å²) < 4.78 is 0.756. The lowest BCUT2D eigenvalue weighted by Gasteiger charge is -2.09. The SMILES string of the molecule is O=C(c1ccccc1O)c1cc2scnc2nc1C(Cl)Cl. The summed E-state index contributed by atoms with van der Waals surface area (Å²) in [6.07, 6.45) is 0. The number of phenols is 1. The number of benzene rings is 1. The average molecular weight is 339 g/mol. The number of para-hydroxylation sites is 1. The van der Waals surface area contributed by atoms with Crippen molar-refractivity contribution in [3.8, 4) is 5.75 Å². The number of fused-ring (bicyclic) bond motifs is 1. The van der Waals surface area contributed by atoms with E-state index in [9.17, 15) is 9.90 Å². The average Bonchev–Trinajstić information content (AvgIpc) is 2.93. The Labute approximate surface area is 134 Å². The Morgan fingerprint density at radius 2 is 2.00 bits per heavy atom. The molecular formula is C14H8Cl2N2O2S. The second-order valence-corrected chi connectivity index (χ2v) is 6.22. The van der Waals surface area contributed by atoms with Crippen LogP contribution in [0.3, 0.4) is 0 Å². The lowest BCUT2D eigenvalue weighted by atomic mass is 10.0. The Morgan fingerprint density at radius 3 is 2.71 bits per heavy atom. The summed E-state index contributed by atoms with van der Waals surface area (Å²) in [5, 5.41) is 9.83. The van der Waals surface area contributed by atoms with Crippen LogP contribution >= 0.6 is 34.5 Å². The number of ketones is 1. The summed E-state index contributed by atoms with van der Waals surface area (Å²) in [5.74, 6) is -0.476. The minimum atomic E-state index is -0.957. The number of carbonyl (C=O) groups excluding carboxylic acids is 1. The van der Waals surface area contributed by atoms with Crippen LogP contribution in [0.25, 0.3) is 10.3 Å². The van der Waals surface area contributed by atoms with Crippen LogP contribution in [-0.4, -0.2) is 20.9 Å². The number of rotatable bonds is 3. The summed E-state index contributed by atoms with van der Waals surface area (Å²) in [6, 6.07) is 7.95. The minimum Gasteiger partial charge on any atom is -0.507 e. The van der Waals surface area contributed by atoms with Gasteiger partial charge in [-0.1, -0.05) is 35.3 Å². The number of aromatic nitrogens is 2. The fraction of sp³-hybridized carbons (Fsp3) is 0.0714. The van der Waals surface area contributed by atoms with Crippen molar-refractivity contribution in [2.24, 2.45) is 0 Å². The molecule has 0 aliphatic rings. The number of hydrogen-bond acceptors (Lipinski definition) is 5. The lowest BCUT2D eigenvalue weighted by Crippen LogP contribution is -2.07. The number of thiazole rings is 1. The summed E-state index contributed by atoms with van der Waals surface area (Å²) in [5.41, 5.74) is 2.81. The highest BCUT2D eigenvalue weighted by molar-refractivity contribution is 7.16. The number of pyridine rings is 1. The first-order chi connectivity index (χ1) is 10.1. The molecule has 0 saturated carbocycles. The first kappa shape index (κ1) is 14.3. The molecule has 0 unspecified atom stereocenters. The van der Waals surface area contributed by atoms with Crippen LogP contribution in [0, 0.1) is 0 Å². The monoisotopic (exact) mass is 338 g/mol. The zero-order chi connectivity index (χ0) is 15.0. The van der Waals surface area contributed by atoms with Gasteiger partial charge in [0.2, 0.25) is 0 Å². The van der Waals surface area contributed by atoms with Crippen LogP contribution in [0.2, 0.25) is 0 Å². The molecule has 3 aromatic rings. The van der Waals surface area contributed by atoms with Gasteiger partial charge in [-0.25, -0.2) is 9.97 Å². The molecule has 1 N–H and O–H groups in total. The zero-order valence-electron chi connectivity index (χ0n) is 10.5. The molecule has 0 radical (unpaired) electrons. The largest absolute Gasteiger partial charge is 0.507 e. The third kappa shape index (κ3) is 2.60. The maximum Gasteiger partial charge on any atom is 0.198 e. The van der Waals surface area contributed by atoms with Crippen molar-refractivity contribution < 1.29 is 9.90 Å². The molecule has 0 atom stereocenters. The molecule has 1 aromatic carbocycles. The molecule has 0 spiro atoms. The second kappa shape index (κ2) is 5.60. The van der Waals surface area contributed by atoms with Gasteiger partial charge in [0.15, 0.2) is 11.4 Å². The number of hydrogen-bond donors (Lipinski definition) is 1. The van der Waals surface area contributed by atoms with Crippen molar-refractivity contribution in [2.45, 2.75) is 4.84 Å². The van der Waals surface area contributed by atoms with E-state index in [2.05, 4.69) is 9.97 Å². The van der Waals surface area contributed by atoms with Crippen LogP contribution in [-0.2, 0) is 0 Å². The van der Waals surface area contributed by atoms with Gasteiger partial charge in [-0.05, 0) is 18.2 Å². The van der Waals surface area contributed by atoms with E-state index < -0.39 is 4.84 Å². The van der Waals surface area contributed by atoms with E-state index >= 15 is 0 Å². The molecule has 7 heteroatoms. The summed E-state index contributed by atoms with van der Waals surface area (Å²) in [4.78, 5) is 20.0. The maximum absolute atomic E-state index is 12.6. The van der Waals surface area contributed by atoms with Crippen LogP contribution in [0.5, 0.6) is 5.75 Å². The Kier molecular flexibility index (Phi) is 3.80. The Hall–Kier alpha value is -1.69. The predicted octanol–water partition coefficient (Wildman–Crippen LogP) is 4.10. The molecule has 2 aromatic heterocycles. The van der Waals surface area contributed by atoms with E-state index in [4.69, 9.17) is 23.2 Å². The highest BCUT2D eigenvalue weighted by atomic mass is 35.5. The maximum atomic E-state index is 12.6. The van der Waals surface area contributed by atoms with Gasteiger partial charge in [0, 0.05) is 5.56 Å². The normalized spacial score (nSPS) is 11.2. The molecule has 0 amide bonds. The van der Waals surface area contributed by atoms with Crippen molar-refractivity contribution in [2.75, 3.05) is 0 Å². The van der Waals surface area contributed by atoms with Gasteiger partial charge in [-0.15, -0.1) is 11.3 Å². The molecule has 3 rings (SSSR count). The quantitative estimate of drug-likeness (QED) is 0.576. The molecule has 0 aliphatic carbocycles. The summed E-state index contributed by atoms with van der Waals surface area (Å²) >= 11 is 13.2. The number of carbonyl (C=O) groups is 1. The molecule has 2 heterocycles. The van der Waals surface area contributed by atoms with Crippen molar-refractivity contribution in [3.05, 3.63) is 52.7 Å². The van der Waals surface area contributed by atoms with E-state index in [-0.39, 0.29) is 28.4 Å². The molecule has 0 saturated heterocycles. The van der Waals surface area contributed by atoms with E-state index in [1.54, 1.807) is 23.7 Å². The zero-order valence-corrected chi connectivity index (χ0v) is 12.8. The van der Waals surface area contributed by atoms with Crippen molar-refractivity contribution in [1.29, 1.82) is 0 Å². The number of alkyl halides is 2. The number of phenolic OH excluding ortho intramolecular Hbond substituents is 1. The third-order valence-electron chi connectivity index (χ3n) is 2.95. The van der Waals surface area contributed by atoms with E-state index in [1.165, 1.54) is 23.5 Å². The Balaban J connectivity index is 2.20. The first-order valence-corrected chi connectivity index (χ1v) is 7.68. The molecule has 4 nitrogen and oxygen atoms in total. The highest BCUT2D eigenvalue weighted by Gasteiger charge is 2.22. The van der Waals surface area contributed by atoms with Gasteiger partial charge in [0.25, 0.3) is 0 Å². The fourth-order valence-electron chi connectivity index (χ4n) is 1.97. The van der Waals surface area contributed by atoms with Crippen LogP contribution in [0.15, 0.2) is 35.8 Å². The van der Waals surface area contributed by atoms with Gasteiger partial charge >= 0.3 is 0 Å². The predicted molar refractivity (Wildman–Crippen MR) is 83.4 cm³/mol. The number of halogens is 2. The van der Waals surface area contributed by atoms with E-state index in [0.29, 0.717) is 5.65 Å². The molecule has 0 aliphatic heterocycles. The number of nitrogens with zero attached hydrogens (tertiary/aromatic N) is 2. The van der Waals surface area contributed by atoms with E-state index in [1.807, 2.05) is 0 Å². The van der Waals surface area contributed by atoms with Crippen molar-refractivity contribution in [3.63, 3.8) is 0 Å². The smallest absolute Gasteiger partial charge is 0.198 e. The van der Waals surface area contributed by atoms with Crippen LogP contribution < -0.4 is 0 Å². The molecule has 106 valence electrons. The van der Waals surface area contributed by atoms with Gasteiger partial charge in [-0.3, -0.25) is 4.79 Å². The molecule has 0 fully saturated rings. The second-order valence-electron chi connectivity index (χ2n) is 4.24.